The Morgan fingerprint density at radius 2 is 1.71 bits per heavy atom. The van der Waals surface area contributed by atoms with Gasteiger partial charge in [-0.2, -0.15) is 0 Å². The molecule has 2 atom stereocenters. The minimum atomic E-state index is 0.531. The minimum absolute atomic E-state index is 0.531. The summed E-state index contributed by atoms with van der Waals surface area (Å²) in [5, 5.41) is 3.43. The molecule has 0 saturated heterocycles. The lowest BCUT2D eigenvalue weighted by Gasteiger charge is -2.26. The van der Waals surface area contributed by atoms with Crippen LogP contribution in [-0.4, -0.2) is 20.2 Å². The Morgan fingerprint density at radius 3 is 2.12 bits per heavy atom. The first-order valence-corrected chi connectivity index (χ1v) is 6.38. The Morgan fingerprint density at radius 1 is 1.12 bits per heavy atom. The van der Waals surface area contributed by atoms with E-state index in [2.05, 4.69) is 38.2 Å². The second kappa shape index (κ2) is 6.65. The second-order valence-corrected chi connectivity index (χ2v) is 5.05. The van der Waals surface area contributed by atoms with Crippen molar-refractivity contribution in [3.8, 4) is 5.75 Å². The largest absolute Gasteiger partial charge is 0.497 e. The van der Waals surface area contributed by atoms with Crippen LogP contribution >= 0.6 is 0 Å². The van der Waals surface area contributed by atoms with E-state index in [0.29, 0.717) is 17.9 Å². The summed E-state index contributed by atoms with van der Waals surface area (Å²) in [5.74, 6) is 2.29. The van der Waals surface area contributed by atoms with Gasteiger partial charge in [0.25, 0.3) is 0 Å². The zero-order valence-corrected chi connectivity index (χ0v) is 11.7. The van der Waals surface area contributed by atoms with Gasteiger partial charge in [0.15, 0.2) is 0 Å². The smallest absolute Gasteiger partial charge is 0.118 e. The molecular weight excluding hydrogens is 210 g/mol. The summed E-state index contributed by atoms with van der Waals surface area (Å²) in [5.41, 5.74) is 1.36. The third-order valence-electron chi connectivity index (χ3n) is 3.67. The van der Waals surface area contributed by atoms with Crippen LogP contribution in [0.15, 0.2) is 24.3 Å². The first kappa shape index (κ1) is 14.0. The van der Waals surface area contributed by atoms with E-state index < -0.39 is 0 Å². The fourth-order valence-electron chi connectivity index (χ4n) is 2.03. The van der Waals surface area contributed by atoms with Crippen molar-refractivity contribution >= 4 is 0 Å². The molecular formula is C15H25NO. The Balaban J connectivity index is 2.66. The highest BCUT2D eigenvalue weighted by atomic mass is 16.5. The maximum atomic E-state index is 5.17. The van der Waals surface area contributed by atoms with Crippen LogP contribution in [0, 0.1) is 11.8 Å². The van der Waals surface area contributed by atoms with Crippen molar-refractivity contribution in [3.63, 3.8) is 0 Å². The van der Waals surface area contributed by atoms with Gasteiger partial charge in [0.1, 0.15) is 5.75 Å². The number of rotatable bonds is 6. The van der Waals surface area contributed by atoms with E-state index in [1.165, 1.54) is 5.56 Å². The molecule has 0 heterocycles. The second-order valence-electron chi connectivity index (χ2n) is 5.05. The van der Waals surface area contributed by atoms with Crippen LogP contribution in [0.25, 0.3) is 0 Å². The van der Waals surface area contributed by atoms with Crippen molar-refractivity contribution in [1.29, 1.82) is 0 Å². The van der Waals surface area contributed by atoms with Crippen molar-refractivity contribution in [2.45, 2.75) is 33.2 Å². The number of hydrogen-bond donors (Lipinski definition) is 1. The van der Waals surface area contributed by atoms with E-state index in [4.69, 9.17) is 4.74 Å². The summed E-state index contributed by atoms with van der Waals surface area (Å²) in [7, 11) is 3.75. The van der Waals surface area contributed by atoms with Crippen LogP contribution in [0.2, 0.25) is 0 Å². The number of nitrogens with one attached hydrogen (secondary N) is 1. The summed E-state index contributed by atoms with van der Waals surface area (Å²) in [4.78, 5) is 0. The van der Waals surface area contributed by atoms with Gasteiger partial charge in [-0.15, -0.1) is 0 Å². The lowest BCUT2D eigenvalue weighted by Crippen LogP contribution is -2.36. The molecule has 0 saturated carbocycles. The Labute approximate surface area is 105 Å². The number of ether oxygens (including phenoxy) is 1. The lowest BCUT2D eigenvalue weighted by molar-refractivity contribution is 0.310. The molecule has 0 spiro atoms. The topological polar surface area (TPSA) is 21.3 Å². The molecule has 1 aromatic carbocycles. The fourth-order valence-corrected chi connectivity index (χ4v) is 2.03. The third-order valence-corrected chi connectivity index (χ3v) is 3.67. The first-order chi connectivity index (χ1) is 8.08. The molecule has 0 amide bonds. The molecule has 17 heavy (non-hydrogen) atoms. The SMILES string of the molecule is CNC(Cc1ccc(OC)cc1)C(C)C(C)C. The van der Waals surface area contributed by atoms with Crippen LogP contribution in [-0.2, 0) is 6.42 Å². The number of methoxy groups -OCH3 is 1. The van der Waals surface area contributed by atoms with Gasteiger partial charge in [-0.05, 0) is 43.0 Å². The standard InChI is InChI=1S/C15H25NO/c1-11(2)12(3)15(16-4)10-13-6-8-14(17-5)9-7-13/h6-9,11-12,15-16H,10H2,1-5H3. The molecule has 2 unspecified atom stereocenters. The normalized spacial score (nSPS) is 14.7. The molecule has 0 aliphatic carbocycles. The number of hydrogen-bond acceptors (Lipinski definition) is 2. The van der Waals surface area contributed by atoms with Gasteiger partial charge < -0.3 is 10.1 Å². The summed E-state index contributed by atoms with van der Waals surface area (Å²) >= 11 is 0. The van der Waals surface area contributed by atoms with Crippen molar-refractivity contribution < 1.29 is 4.74 Å². The van der Waals surface area contributed by atoms with Crippen molar-refractivity contribution in [2.24, 2.45) is 11.8 Å². The molecule has 1 N–H and O–H groups in total. The van der Waals surface area contributed by atoms with E-state index in [-0.39, 0.29) is 0 Å². The molecule has 1 rings (SSSR count). The van der Waals surface area contributed by atoms with Gasteiger partial charge in [-0.25, -0.2) is 0 Å². The molecule has 0 fully saturated rings. The summed E-state index contributed by atoms with van der Waals surface area (Å²) in [6, 6.07) is 8.89. The van der Waals surface area contributed by atoms with Crippen molar-refractivity contribution in [1.82, 2.24) is 5.32 Å². The van der Waals surface area contributed by atoms with Crippen LogP contribution in [0.1, 0.15) is 26.3 Å². The van der Waals surface area contributed by atoms with Crippen LogP contribution in [0.5, 0.6) is 5.75 Å². The average Bonchev–Trinajstić information content (AvgIpc) is 2.35. The highest BCUT2D eigenvalue weighted by Crippen LogP contribution is 2.19. The van der Waals surface area contributed by atoms with Crippen LogP contribution in [0.3, 0.4) is 0 Å². The van der Waals surface area contributed by atoms with Gasteiger partial charge in [0.2, 0.25) is 0 Å². The first-order valence-electron chi connectivity index (χ1n) is 6.38. The van der Waals surface area contributed by atoms with Gasteiger partial charge in [0.05, 0.1) is 7.11 Å². The maximum Gasteiger partial charge on any atom is 0.118 e. The molecule has 0 bridgehead atoms. The van der Waals surface area contributed by atoms with E-state index in [1.54, 1.807) is 7.11 Å². The predicted molar refractivity (Wildman–Crippen MR) is 73.5 cm³/mol. The highest BCUT2D eigenvalue weighted by molar-refractivity contribution is 5.27. The van der Waals surface area contributed by atoms with E-state index in [9.17, 15) is 0 Å². The molecule has 0 aliphatic heterocycles. The molecule has 2 nitrogen and oxygen atoms in total. The zero-order chi connectivity index (χ0) is 12.8. The van der Waals surface area contributed by atoms with Gasteiger partial charge in [0, 0.05) is 6.04 Å². The fraction of sp³-hybridized carbons (Fsp3) is 0.600. The van der Waals surface area contributed by atoms with E-state index in [1.807, 2.05) is 19.2 Å². The lowest BCUT2D eigenvalue weighted by atomic mass is 9.87. The van der Waals surface area contributed by atoms with Gasteiger partial charge in [-0.3, -0.25) is 0 Å². The summed E-state index contributed by atoms with van der Waals surface area (Å²) in [6.45, 7) is 6.88. The maximum absolute atomic E-state index is 5.17. The molecule has 0 aromatic heterocycles. The molecule has 96 valence electrons. The highest BCUT2D eigenvalue weighted by Gasteiger charge is 2.18. The summed E-state index contributed by atoms with van der Waals surface area (Å²) < 4.78 is 5.17. The molecule has 1 aromatic rings. The zero-order valence-electron chi connectivity index (χ0n) is 11.7. The Kier molecular flexibility index (Phi) is 5.49. The number of benzene rings is 1. The minimum Gasteiger partial charge on any atom is -0.497 e. The Hall–Kier alpha value is -1.02. The average molecular weight is 235 g/mol. The van der Waals surface area contributed by atoms with Crippen molar-refractivity contribution in [3.05, 3.63) is 29.8 Å². The molecule has 0 aliphatic rings. The van der Waals surface area contributed by atoms with E-state index in [0.717, 1.165) is 12.2 Å². The summed E-state index contributed by atoms with van der Waals surface area (Å²) in [6.07, 6.45) is 1.07. The Bertz CT molecular complexity index is 318. The molecule has 2 heteroatoms. The van der Waals surface area contributed by atoms with Gasteiger partial charge in [-0.1, -0.05) is 32.9 Å². The quantitative estimate of drug-likeness (QED) is 0.818. The van der Waals surface area contributed by atoms with Gasteiger partial charge >= 0.3 is 0 Å². The molecule has 0 radical (unpaired) electrons. The van der Waals surface area contributed by atoms with E-state index >= 15 is 0 Å². The van der Waals surface area contributed by atoms with Crippen molar-refractivity contribution in [2.75, 3.05) is 14.2 Å². The monoisotopic (exact) mass is 235 g/mol. The predicted octanol–water partition coefficient (Wildman–Crippen LogP) is 3.12. The third kappa shape index (κ3) is 4.04. The number of likely N-dealkylation sites (N-methyl/N-ethyl adjacent to an activating group) is 1. The van der Waals surface area contributed by atoms with Crippen LogP contribution in [0.4, 0.5) is 0 Å². The van der Waals surface area contributed by atoms with Crippen LogP contribution < -0.4 is 10.1 Å².